The van der Waals surface area contributed by atoms with Gasteiger partial charge in [0.05, 0.1) is 19.1 Å². The van der Waals surface area contributed by atoms with E-state index in [1.54, 1.807) is 0 Å². The molecule has 0 bridgehead atoms. The van der Waals surface area contributed by atoms with Crippen molar-refractivity contribution in [1.29, 1.82) is 0 Å². The highest BCUT2D eigenvalue weighted by molar-refractivity contribution is 5.76. The SMILES string of the molecule is CCN(CC)Cc1ccc(CNC(=O)CC2CNCCO2)cc1. The van der Waals surface area contributed by atoms with Gasteiger partial charge in [-0.05, 0) is 24.2 Å². The van der Waals surface area contributed by atoms with Crippen LogP contribution in [0.2, 0.25) is 0 Å². The summed E-state index contributed by atoms with van der Waals surface area (Å²) in [5.74, 6) is 0.0471. The second-order valence-electron chi connectivity index (χ2n) is 5.96. The first-order valence-electron chi connectivity index (χ1n) is 8.60. The lowest BCUT2D eigenvalue weighted by molar-refractivity contribution is -0.124. The Morgan fingerprint density at radius 3 is 2.57 bits per heavy atom. The van der Waals surface area contributed by atoms with Crippen molar-refractivity contribution in [3.63, 3.8) is 0 Å². The fourth-order valence-electron chi connectivity index (χ4n) is 2.70. The number of hydrogen-bond donors (Lipinski definition) is 2. The summed E-state index contributed by atoms with van der Waals surface area (Å²) in [6, 6.07) is 8.48. The Hall–Kier alpha value is -1.43. The maximum absolute atomic E-state index is 11.9. The zero-order valence-corrected chi connectivity index (χ0v) is 14.3. The number of rotatable bonds is 8. The van der Waals surface area contributed by atoms with Gasteiger partial charge in [-0.1, -0.05) is 38.1 Å². The standard InChI is InChI=1S/C18H29N3O2/c1-3-21(4-2)14-16-7-5-15(6-8-16)12-20-18(22)11-17-13-19-9-10-23-17/h5-8,17,19H,3-4,9-14H2,1-2H3,(H,20,22). The van der Waals surface area contributed by atoms with E-state index in [0.29, 0.717) is 19.6 Å². The summed E-state index contributed by atoms with van der Waals surface area (Å²) in [5.41, 5.74) is 2.44. The van der Waals surface area contributed by atoms with Crippen molar-refractivity contribution in [1.82, 2.24) is 15.5 Å². The van der Waals surface area contributed by atoms with Crippen molar-refractivity contribution in [3.05, 3.63) is 35.4 Å². The zero-order valence-electron chi connectivity index (χ0n) is 14.3. The number of benzene rings is 1. The van der Waals surface area contributed by atoms with E-state index in [0.717, 1.165) is 38.3 Å². The molecule has 0 radical (unpaired) electrons. The van der Waals surface area contributed by atoms with E-state index < -0.39 is 0 Å². The fourth-order valence-corrected chi connectivity index (χ4v) is 2.70. The molecule has 1 saturated heterocycles. The predicted octanol–water partition coefficient (Wildman–Crippen LogP) is 1.52. The zero-order chi connectivity index (χ0) is 16.5. The van der Waals surface area contributed by atoms with Gasteiger partial charge >= 0.3 is 0 Å². The fraction of sp³-hybridized carbons (Fsp3) is 0.611. The molecule has 1 heterocycles. The van der Waals surface area contributed by atoms with Gasteiger partial charge in [-0.15, -0.1) is 0 Å². The van der Waals surface area contributed by atoms with Gasteiger partial charge in [0.15, 0.2) is 0 Å². The first-order valence-corrected chi connectivity index (χ1v) is 8.60. The minimum Gasteiger partial charge on any atom is -0.375 e. The summed E-state index contributed by atoms with van der Waals surface area (Å²) in [5, 5.41) is 6.21. The maximum Gasteiger partial charge on any atom is 0.222 e. The van der Waals surface area contributed by atoms with Gasteiger partial charge in [0.25, 0.3) is 0 Å². The number of ether oxygens (including phenoxy) is 1. The maximum atomic E-state index is 11.9. The summed E-state index contributed by atoms with van der Waals surface area (Å²) in [6.07, 6.45) is 0.424. The Labute approximate surface area is 139 Å². The minimum absolute atomic E-state index is 0.000182. The predicted molar refractivity (Wildman–Crippen MR) is 92.1 cm³/mol. The van der Waals surface area contributed by atoms with Crippen LogP contribution in [-0.2, 0) is 22.6 Å². The van der Waals surface area contributed by atoms with Gasteiger partial charge in [-0.2, -0.15) is 0 Å². The van der Waals surface area contributed by atoms with Crippen LogP contribution in [0.1, 0.15) is 31.4 Å². The smallest absolute Gasteiger partial charge is 0.222 e. The van der Waals surface area contributed by atoms with Crippen LogP contribution in [0, 0.1) is 0 Å². The molecule has 1 aromatic carbocycles. The van der Waals surface area contributed by atoms with Crippen molar-refractivity contribution < 1.29 is 9.53 Å². The van der Waals surface area contributed by atoms with Crippen molar-refractivity contribution in [3.8, 4) is 0 Å². The Morgan fingerprint density at radius 1 is 1.26 bits per heavy atom. The molecule has 128 valence electrons. The van der Waals surface area contributed by atoms with Crippen LogP contribution in [0.4, 0.5) is 0 Å². The van der Waals surface area contributed by atoms with Gasteiger partial charge < -0.3 is 15.4 Å². The first-order chi connectivity index (χ1) is 11.2. The first kappa shape index (κ1) is 17.9. The van der Waals surface area contributed by atoms with Gasteiger partial charge in [0, 0.05) is 26.2 Å². The van der Waals surface area contributed by atoms with Crippen LogP contribution in [0.15, 0.2) is 24.3 Å². The molecular weight excluding hydrogens is 290 g/mol. The van der Waals surface area contributed by atoms with E-state index >= 15 is 0 Å². The average molecular weight is 319 g/mol. The molecular formula is C18H29N3O2. The van der Waals surface area contributed by atoms with E-state index in [1.165, 1.54) is 5.56 Å². The second kappa shape index (κ2) is 9.65. The van der Waals surface area contributed by atoms with E-state index in [4.69, 9.17) is 4.74 Å². The number of carbonyl (C=O) groups is 1. The summed E-state index contributed by atoms with van der Waals surface area (Å²) in [6.45, 7) is 10.4. The number of amides is 1. The Morgan fingerprint density at radius 2 is 1.96 bits per heavy atom. The van der Waals surface area contributed by atoms with Crippen LogP contribution in [0.3, 0.4) is 0 Å². The highest BCUT2D eigenvalue weighted by atomic mass is 16.5. The summed E-state index contributed by atoms with van der Waals surface area (Å²) >= 11 is 0. The normalized spacial score (nSPS) is 18.1. The third-order valence-corrected chi connectivity index (χ3v) is 4.23. The van der Waals surface area contributed by atoms with Crippen LogP contribution >= 0.6 is 0 Å². The van der Waals surface area contributed by atoms with E-state index in [9.17, 15) is 4.79 Å². The molecule has 1 unspecified atom stereocenters. The molecule has 0 aliphatic carbocycles. The summed E-state index contributed by atoms with van der Waals surface area (Å²) in [7, 11) is 0. The molecule has 1 aliphatic heterocycles. The second-order valence-corrected chi connectivity index (χ2v) is 5.96. The molecule has 0 aromatic heterocycles. The van der Waals surface area contributed by atoms with Crippen molar-refractivity contribution >= 4 is 5.91 Å². The Kier molecular flexibility index (Phi) is 7.52. The number of carbonyl (C=O) groups excluding carboxylic acids is 1. The quantitative estimate of drug-likeness (QED) is 0.763. The number of nitrogens with zero attached hydrogens (tertiary/aromatic N) is 1. The third-order valence-electron chi connectivity index (χ3n) is 4.23. The molecule has 1 aromatic rings. The molecule has 2 N–H and O–H groups in total. The highest BCUT2D eigenvalue weighted by Crippen LogP contribution is 2.08. The van der Waals surface area contributed by atoms with Gasteiger partial charge in [-0.3, -0.25) is 9.69 Å². The molecule has 1 fully saturated rings. The van der Waals surface area contributed by atoms with Gasteiger partial charge in [0.2, 0.25) is 5.91 Å². The molecule has 5 heteroatoms. The lowest BCUT2D eigenvalue weighted by Gasteiger charge is -2.23. The van der Waals surface area contributed by atoms with Crippen LogP contribution in [0.5, 0.6) is 0 Å². The lowest BCUT2D eigenvalue weighted by atomic mass is 10.1. The molecule has 1 atom stereocenters. The molecule has 5 nitrogen and oxygen atoms in total. The van der Waals surface area contributed by atoms with Gasteiger partial charge in [0.1, 0.15) is 0 Å². The molecule has 0 saturated carbocycles. The van der Waals surface area contributed by atoms with Crippen molar-refractivity contribution in [2.45, 2.75) is 39.5 Å². The topological polar surface area (TPSA) is 53.6 Å². The largest absolute Gasteiger partial charge is 0.375 e. The van der Waals surface area contributed by atoms with E-state index in [2.05, 4.69) is 53.6 Å². The van der Waals surface area contributed by atoms with Crippen LogP contribution in [-0.4, -0.2) is 49.7 Å². The number of nitrogens with one attached hydrogen (secondary N) is 2. The summed E-state index contributed by atoms with van der Waals surface area (Å²) < 4.78 is 5.55. The molecule has 2 rings (SSSR count). The number of morpholine rings is 1. The van der Waals surface area contributed by atoms with E-state index in [-0.39, 0.29) is 12.0 Å². The summed E-state index contributed by atoms with van der Waals surface area (Å²) in [4.78, 5) is 14.3. The lowest BCUT2D eigenvalue weighted by Crippen LogP contribution is -2.41. The molecule has 1 aliphatic rings. The minimum atomic E-state index is 0.000182. The van der Waals surface area contributed by atoms with Gasteiger partial charge in [-0.25, -0.2) is 0 Å². The molecule has 0 spiro atoms. The van der Waals surface area contributed by atoms with E-state index in [1.807, 2.05) is 0 Å². The van der Waals surface area contributed by atoms with Crippen molar-refractivity contribution in [2.75, 3.05) is 32.8 Å². The monoisotopic (exact) mass is 319 g/mol. The van der Waals surface area contributed by atoms with Crippen LogP contribution in [0.25, 0.3) is 0 Å². The highest BCUT2D eigenvalue weighted by Gasteiger charge is 2.16. The molecule has 1 amide bonds. The van der Waals surface area contributed by atoms with Crippen molar-refractivity contribution in [2.24, 2.45) is 0 Å². The average Bonchev–Trinajstić information content (AvgIpc) is 2.60. The Bertz CT molecular complexity index is 466. The molecule has 23 heavy (non-hydrogen) atoms. The third kappa shape index (κ3) is 6.29. The Balaban J connectivity index is 1.73. The number of hydrogen-bond acceptors (Lipinski definition) is 4. The van der Waals surface area contributed by atoms with Crippen LogP contribution < -0.4 is 10.6 Å².